The number of nitrogens with zero attached hydrogens (tertiary/aromatic N) is 5. The van der Waals surface area contributed by atoms with Crippen LogP contribution < -0.4 is 25.3 Å². The minimum Gasteiger partial charge on any atom is -0.495 e. The quantitative estimate of drug-likeness (QED) is 0.595. The molecule has 2 aliphatic rings. The molecule has 2 N–H and O–H groups in total. The van der Waals surface area contributed by atoms with Gasteiger partial charge in [-0.25, -0.2) is 9.99 Å². The Labute approximate surface area is 212 Å². The number of methoxy groups -OCH3 is 1. The van der Waals surface area contributed by atoms with Crippen molar-refractivity contribution in [2.45, 2.75) is 38.7 Å². The molecule has 198 valence electrons. The Morgan fingerprint density at radius 3 is 2.54 bits per heavy atom. The number of benzene rings is 1. The molecule has 2 aromatic rings. The Morgan fingerprint density at radius 1 is 1.19 bits per heavy atom. The lowest BCUT2D eigenvalue weighted by Crippen LogP contribution is -2.47. The van der Waals surface area contributed by atoms with Gasteiger partial charge in [0.05, 0.1) is 25.5 Å². The fourth-order valence-electron chi connectivity index (χ4n) is 4.15. The van der Waals surface area contributed by atoms with Crippen LogP contribution in [-0.2, 0) is 9.59 Å². The van der Waals surface area contributed by atoms with E-state index in [4.69, 9.17) is 4.74 Å². The summed E-state index contributed by atoms with van der Waals surface area (Å²) in [5, 5.41) is 4.71. The average Bonchev–Trinajstić information content (AvgIpc) is 2.94. The Hall–Kier alpha value is -3.87. The van der Waals surface area contributed by atoms with E-state index < -0.39 is 18.4 Å². The van der Waals surface area contributed by atoms with Gasteiger partial charge in [-0.2, -0.15) is 13.8 Å². The maximum Gasteiger partial charge on any atom is 0.342 e. The largest absolute Gasteiger partial charge is 0.495 e. The van der Waals surface area contributed by atoms with Crippen molar-refractivity contribution in [2.75, 3.05) is 48.9 Å². The zero-order chi connectivity index (χ0) is 26.9. The van der Waals surface area contributed by atoms with Gasteiger partial charge < -0.3 is 19.9 Å². The van der Waals surface area contributed by atoms with E-state index >= 15 is 0 Å². The van der Waals surface area contributed by atoms with Gasteiger partial charge >= 0.3 is 5.92 Å². The normalized spacial score (nSPS) is 17.9. The van der Waals surface area contributed by atoms with Crippen molar-refractivity contribution in [3.63, 3.8) is 0 Å². The summed E-state index contributed by atoms with van der Waals surface area (Å²) in [6, 6.07) is 4.39. The molecule has 0 radical (unpaired) electrons. The predicted octanol–water partition coefficient (Wildman–Crippen LogP) is 2.36. The van der Waals surface area contributed by atoms with Gasteiger partial charge in [-0.3, -0.25) is 19.8 Å². The molecule has 0 aliphatic carbocycles. The van der Waals surface area contributed by atoms with Gasteiger partial charge in [0, 0.05) is 44.6 Å². The van der Waals surface area contributed by atoms with E-state index in [1.807, 2.05) is 0 Å². The second-order valence-corrected chi connectivity index (χ2v) is 9.20. The SMILES string of the molecule is COc1cc(C(=O)NN2CCC(=O)CC2)ccc1Nc1ncc2c(n1)N(C(C)C)CC(F)(F)C(=O)N2C. The number of fused-ring (bicyclic) bond motifs is 1. The molecule has 1 saturated heterocycles. The number of amides is 2. The molecular weight excluding hydrogens is 488 g/mol. The van der Waals surface area contributed by atoms with Crippen LogP contribution in [0.15, 0.2) is 24.4 Å². The van der Waals surface area contributed by atoms with Crippen LogP contribution >= 0.6 is 0 Å². The van der Waals surface area contributed by atoms with E-state index in [-0.39, 0.29) is 35.2 Å². The first-order valence-electron chi connectivity index (χ1n) is 11.8. The highest BCUT2D eigenvalue weighted by Crippen LogP contribution is 2.37. The number of carbonyl (C=O) groups is 3. The van der Waals surface area contributed by atoms with E-state index in [9.17, 15) is 23.2 Å². The number of Topliss-reactive ketones (excluding diaryl/α,β-unsaturated/α-hetero) is 1. The minimum absolute atomic E-state index is 0.101. The van der Waals surface area contributed by atoms with E-state index in [1.165, 1.54) is 25.3 Å². The molecule has 0 bridgehead atoms. The van der Waals surface area contributed by atoms with Gasteiger partial charge in [0.15, 0.2) is 5.82 Å². The maximum absolute atomic E-state index is 14.5. The number of ketones is 1. The fourth-order valence-corrected chi connectivity index (χ4v) is 4.15. The van der Waals surface area contributed by atoms with Crippen LogP contribution in [0.5, 0.6) is 5.75 Å². The Kier molecular flexibility index (Phi) is 7.25. The third-order valence-electron chi connectivity index (χ3n) is 6.28. The number of anilines is 4. The molecule has 4 rings (SSSR count). The number of aromatic nitrogens is 2. The minimum atomic E-state index is -3.59. The molecule has 13 heteroatoms. The topological polar surface area (TPSA) is 120 Å². The zero-order valence-electron chi connectivity index (χ0n) is 21.0. The number of carbonyl (C=O) groups excluding carboxylic acids is 3. The fraction of sp³-hybridized carbons (Fsp3) is 0.458. The van der Waals surface area contributed by atoms with Gasteiger partial charge in [0.25, 0.3) is 11.8 Å². The van der Waals surface area contributed by atoms with Crippen LogP contribution in [0.25, 0.3) is 0 Å². The second-order valence-electron chi connectivity index (χ2n) is 9.20. The second kappa shape index (κ2) is 10.2. The van der Waals surface area contributed by atoms with Crippen molar-refractivity contribution >= 4 is 40.7 Å². The van der Waals surface area contributed by atoms with Crippen LogP contribution in [0, 0.1) is 0 Å². The third-order valence-corrected chi connectivity index (χ3v) is 6.28. The molecule has 2 amide bonds. The van der Waals surface area contributed by atoms with E-state index in [1.54, 1.807) is 37.1 Å². The van der Waals surface area contributed by atoms with Crippen LogP contribution in [0.1, 0.15) is 37.0 Å². The van der Waals surface area contributed by atoms with Crippen molar-refractivity contribution in [1.82, 2.24) is 20.4 Å². The summed E-state index contributed by atoms with van der Waals surface area (Å²) < 4.78 is 34.5. The molecule has 1 aromatic heterocycles. The first kappa shape index (κ1) is 26.2. The van der Waals surface area contributed by atoms with Gasteiger partial charge in [0.1, 0.15) is 17.2 Å². The highest BCUT2D eigenvalue weighted by molar-refractivity contribution is 6.02. The smallest absolute Gasteiger partial charge is 0.342 e. The molecule has 0 unspecified atom stereocenters. The Morgan fingerprint density at radius 2 is 1.89 bits per heavy atom. The monoisotopic (exact) mass is 517 g/mol. The van der Waals surface area contributed by atoms with Gasteiger partial charge in [-0.15, -0.1) is 0 Å². The Bertz CT molecular complexity index is 1210. The van der Waals surface area contributed by atoms with Crippen LogP contribution in [-0.4, -0.2) is 78.3 Å². The van der Waals surface area contributed by atoms with Gasteiger partial charge in [-0.05, 0) is 32.0 Å². The summed E-state index contributed by atoms with van der Waals surface area (Å²) in [7, 11) is 2.71. The number of hydrazine groups is 1. The lowest BCUT2D eigenvalue weighted by atomic mass is 10.1. The molecule has 1 aromatic carbocycles. The molecule has 11 nitrogen and oxygen atoms in total. The zero-order valence-corrected chi connectivity index (χ0v) is 21.0. The highest BCUT2D eigenvalue weighted by Gasteiger charge is 2.47. The lowest BCUT2D eigenvalue weighted by molar-refractivity contribution is -0.140. The number of hydrogen-bond acceptors (Lipinski definition) is 9. The standard InChI is InChI=1S/C24H29F2N7O4/c1-14(2)33-13-24(25,26)22(36)31(3)18-12-27-23(29-20(18)33)28-17-6-5-15(11-19(17)37-4)21(35)30-32-9-7-16(34)8-10-32/h5-6,11-12,14H,7-10,13H2,1-4H3,(H,30,35)(H,27,28,29). The maximum atomic E-state index is 14.5. The molecule has 3 heterocycles. The van der Waals surface area contributed by atoms with Gasteiger partial charge in [-0.1, -0.05) is 0 Å². The van der Waals surface area contributed by atoms with E-state index in [2.05, 4.69) is 20.7 Å². The number of rotatable bonds is 6. The van der Waals surface area contributed by atoms with Crippen molar-refractivity contribution in [1.29, 1.82) is 0 Å². The summed E-state index contributed by atoms with van der Waals surface area (Å²) in [6.07, 6.45) is 2.10. The van der Waals surface area contributed by atoms with Crippen LogP contribution in [0.4, 0.5) is 31.9 Å². The number of alkyl halides is 2. The van der Waals surface area contributed by atoms with E-state index in [0.717, 1.165) is 4.90 Å². The third kappa shape index (κ3) is 5.45. The first-order valence-corrected chi connectivity index (χ1v) is 11.8. The number of piperidine rings is 1. The molecule has 0 spiro atoms. The van der Waals surface area contributed by atoms with Crippen LogP contribution in [0.2, 0.25) is 0 Å². The number of nitrogens with one attached hydrogen (secondary N) is 2. The number of halogens is 2. The summed E-state index contributed by atoms with van der Waals surface area (Å²) in [4.78, 5) is 47.3. The summed E-state index contributed by atoms with van der Waals surface area (Å²) in [6.45, 7) is 3.57. The highest BCUT2D eigenvalue weighted by atomic mass is 19.3. The van der Waals surface area contributed by atoms with E-state index in [0.29, 0.717) is 42.9 Å². The van der Waals surface area contributed by atoms with Crippen molar-refractivity contribution in [3.05, 3.63) is 30.0 Å². The summed E-state index contributed by atoms with van der Waals surface area (Å²) in [5.74, 6) is -4.46. The van der Waals surface area contributed by atoms with Crippen molar-refractivity contribution in [2.24, 2.45) is 0 Å². The number of hydrogen-bond donors (Lipinski definition) is 2. The van der Waals surface area contributed by atoms with Crippen molar-refractivity contribution < 1.29 is 27.9 Å². The molecule has 37 heavy (non-hydrogen) atoms. The van der Waals surface area contributed by atoms with Gasteiger partial charge in [0.2, 0.25) is 5.95 Å². The molecule has 2 aliphatic heterocycles. The molecule has 1 fully saturated rings. The Balaban J connectivity index is 1.57. The van der Waals surface area contributed by atoms with Crippen molar-refractivity contribution in [3.8, 4) is 5.75 Å². The summed E-state index contributed by atoms with van der Waals surface area (Å²) >= 11 is 0. The number of ether oxygens (including phenoxy) is 1. The predicted molar refractivity (Wildman–Crippen MR) is 132 cm³/mol. The lowest BCUT2D eigenvalue weighted by Gasteiger charge is -2.29. The average molecular weight is 518 g/mol. The molecule has 0 saturated carbocycles. The summed E-state index contributed by atoms with van der Waals surface area (Å²) in [5.41, 5.74) is 3.74. The molecule has 0 atom stereocenters. The molecular formula is C24H29F2N7O4. The first-order chi connectivity index (χ1) is 17.5. The van der Waals surface area contributed by atoms with Crippen LogP contribution in [0.3, 0.4) is 0 Å².